The molecule has 2 unspecified atom stereocenters. The molecule has 1 heterocycles. The van der Waals surface area contributed by atoms with Gasteiger partial charge in [-0.25, -0.2) is 0 Å². The fourth-order valence-electron chi connectivity index (χ4n) is 1.79. The molecule has 0 aromatic rings. The molecule has 0 radical (unpaired) electrons. The molecule has 158 valence electrons. The molecule has 1 aliphatic rings. The summed E-state index contributed by atoms with van der Waals surface area (Å²) in [5.41, 5.74) is 7.01. The zero-order valence-corrected chi connectivity index (χ0v) is 17.2. The van der Waals surface area contributed by atoms with Crippen LogP contribution in [-0.2, 0) is 19.1 Å². The molecule has 1 rings (SSSR count). The minimum absolute atomic E-state index is 0.114. The van der Waals surface area contributed by atoms with E-state index in [1.807, 2.05) is 19.3 Å². The van der Waals surface area contributed by atoms with Gasteiger partial charge in [0.1, 0.15) is 18.7 Å². The van der Waals surface area contributed by atoms with Crippen LogP contribution in [0.1, 0.15) is 53.4 Å². The van der Waals surface area contributed by atoms with Crippen molar-refractivity contribution in [2.45, 2.75) is 65.7 Å². The van der Waals surface area contributed by atoms with Crippen LogP contribution in [0.2, 0.25) is 0 Å². The van der Waals surface area contributed by atoms with Crippen molar-refractivity contribution in [1.29, 1.82) is 0 Å². The summed E-state index contributed by atoms with van der Waals surface area (Å²) in [4.78, 5) is 27.1. The molecule has 0 aromatic carbocycles. The van der Waals surface area contributed by atoms with Crippen LogP contribution < -0.4 is 11.2 Å². The number of carbonyl (C=O) groups is 2. The summed E-state index contributed by atoms with van der Waals surface area (Å²) in [5.74, 6) is -0.291. The Kier molecular flexibility index (Phi) is 19.0. The Morgan fingerprint density at radius 1 is 1.37 bits per heavy atom. The van der Waals surface area contributed by atoms with Crippen LogP contribution >= 0.6 is 0 Å². The predicted octanol–water partition coefficient (Wildman–Crippen LogP) is 1.81. The molecule has 0 bridgehead atoms. The average Bonchev–Trinajstić information content (AvgIpc) is 3.20. The van der Waals surface area contributed by atoms with E-state index in [0.29, 0.717) is 19.3 Å². The van der Waals surface area contributed by atoms with Gasteiger partial charge in [0.25, 0.3) is 0 Å². The van der Waals surface area contributed by atoms with Gasteiger partial charge in [-0.05, 0) is 18.9 Å². The number of carbonyl (C=O) groups excluding carboxylic acids is 2. The number of amidine groups is 1. The van der Waals surface area contributed by atoms with Crippen molar-refractivity contribution < 1.29 is 24.3 Å². The first-order valence-corrected chi connectivity index (χ1v) is 9.35. The molecule has 9 nitrogen and oxygen atoms in total. The molecule has 1 aliphatic heterocycles. The zero-order valence-electron chi connectivity index (χ0n) is 17.2. The zero-order chi connectivity index (χ0) is 21.1. The maximum atomic E-state index is 11.1. The third kappa shape index (κ3) is 12.9. The van der Waals surface area contributed by atoms with E-state index in [2.05, 4.69) is 18.8 Å². The normalized spacial score (nSPS) is 18.7. The average molecular weight is 389 g/mol. The molecule has 0 saturated carbocycles. The second-order valence-corrected chi connectivity index (χ2v) is 5.27. The van der Waals surface area contributed by atoms with E-state index in [9.17, 15) is 9.59 Å². The number of nitrogens with two attached hydrogens (primary N) is 1. The van der Waals surface area contributed by atoms with Gasteiger partial charge >= 0.3 is 5.97 Å². The minimum atomic E-state index is -0.494. The van der Waals surface area contributed by atoms with Gasteiger partial charge in [0.05, 0.1) is 12.6 Å². The number of esters is 1. The Morgan fingerprint density at radius 2 is 2.00 bits per heavy atom. The molecule has 0 spiro atoms. The lowest BCUT2D eigenvalue weighted by molar-refractivity contribution is -0.148. The first kappa shape index (κ1) is 27.3. The smallest absolute Gasteiger partial charge is 0.319 e. The second-order valence-electron chi connectivity index (χ2n) is 5.27. The van der Waals surface area contributed by atoms with Gasteiger partial charge in [-0.1, -0.05) is 40.5 Å². The third-order valence-electron chi connectivity index (χ3n) is 3.40. The molecule has 2 atom stereocenters. The van der Waals surface area contributed by atoms with E-state index < -0.39 is 12.2 Å². The summed E-state index contributed by atoms with van der Waals surface area (Å²) in [5, 5.41) is 8.74. The molecular weight excluding hydrogens is 352 g/mol. The van der Waals surface area contributed by atoms with Crippen LogP contribution in [0.25, 0.3) is 0 Å². The van der Waals surface area contributed by atoms with Crippen LogP contribution in [0.4, 0.5) is 0 Å². The SMILES string of the molecule is CC.CCCC.CN=C(/C=C\N(C=O)C1CCC(COC(=O)CN)O1)NO. The van der Waals surface area contributed by atoms with Crippen molar-refractivity contribution in [1.82, 2.24) is 10.4 Å². The lowest BCUT2D eigenvalue weighted by atomic mass is 10.2. The second kappa shape index (κ2) is 18.8. The summed E-state index contributed by atoms with van der Waals surface area (Å²) in [6.45, 7) is 8.30. The summed E-state index contributed by atoms with van der Waals surface area (Å²) in [7, 11) is 1.49. The van der Waals surface area contributed by atoms with Crippen molar-refractivity contribution in [3.8, 4) is 0 Å². The van der Waals surface area contributed by atoms with Crippen molar-refractivity contribution in [3.05, 3.63) is 12.3 Å². The number of amides is 1. The van der Waals surface area contributed by atoms with E-state index in [1.54, 1.807) is 0 Å². The van der Waals surface area contributed by atoms with E-state index in [4.69, 9.17) is 20.4 Å². The van der Waals surface area contributed by atoms with Crippen LogP contribution in [0.5, 0.6) is 0 Å². The molecule has 4 N–H and O–H groups in total. The fourth-order valence-corrected chi connectivity index (χ4v) is 1.79. The maximum Gasteiger partial charge on any atom is 0.319 e. The van der Waals surface area contributed by atoms with Crippen molar-refractivity contribution >= 4 is 18.2 Å². The maximum absolute atomic E-state index is 11.1. The number of ether oxygens (including phenoxy) is 2. The van der Waals surface area contributed by atoms with Crippen LogP contribution in [0.15, 0.2) is 17.3 Å². The highest BCUT2D eigenvalue weighted by atomic mass is 16.6. The van der Waals surface area contributed by atoms with Crippen LogP contribution in [-0.4, -0.2) is 60.9 Å². The fraction of sp³-hybridized carbons (Fsp3) is 0.722. The Morgan fingerprint density at radius 3 is 2.44 bits per heavy atom. The predicted molar refractivity (Wildman–Crippen MR) is 105 cm³/mol. The Hall–Kier alpha value is -1.97. The van der Waals surface area contributed by atoms with Gasteiger partial charge in [0.15, 0.2) is 0 Å². The summed E-state index contributed by atoms with van der Waals surface area (Å²) < 4.78 is 10.5. The minimum Gasteiger partial charge on any atom is -0.462 e. The highest BCUT2D eigenvalue weighted by Crippen LogP contribution is 2.22. The lowest BCUT2D eigenvalue weighted by Gasteiger charge is -2.21. The highest BCUT2D eigenvalue weighted by molar-refractivity contribution is 5.91. The number of nitrogens with zero attached hydrogens (tertiary/aromatic N) is 2. The van der Waals surface area contributed by atoms with Crippen LogP contribution in [0, 0.1) is 0 Å². The number of rotatable bonds is 8. The van der Waals surface area contributed by atoms with E-state index in [0.717, 1.165) is 0 Å². The molecule has 1 fully saturated rings. The van der Waals surface area contributed by atoms with E-state index >= 15 is 0 Å². The number of hydroxylamine groups is 1. The highest BCUT2D eigenvalue weighted by Gasteiger charge is 2.29. The number of unbranched alkanes of at least 4 members (excludes halogenated alkanes) is 1. The van der Waals surface area contributed by atoms with Gasteiger partial charge in [0, 0.05) is 13.2 Å². The Labute approximate surface area is 162 Å². The first-order chi connectivity index (χ1) is 13.1. The third-order valence-corrected chi connectivity index (χ3v) is 3.40. The number of hydrogen-bond acceptors (Lipinski definition) is 7. The van der Waals surface area contributed by atoms with Gasteiger partial charge in [-0.15, -0.1) is 0 Å². The molecule has 9 heteroatoms. The number of nitrogens with one attached hydrogen (secondary N) is 1. The van der Waals surface area contributed by atoms with Crippen molar-refractivity contribution in [2.75, 3.05) is 20.2 Å². The molecule has 0 aromatic heterocycles. The van der Waals surface area contributed by atoms with E-state index in [1.165, 1.54) is 37.1 Å². The van der Waals surface area contributed by atoms with E-state index in [-0.39, 0.29) is 25.1 Å². The van der Waals surface area contributed by atoms with Gasteiger partial charge in [-0.2, -0.15) is 0 Å². The molecule has 0 aliphatic carbocycles. The Bertz CT molecular complexity index is 441. The molecule has 1 saturated heterocycles. The molecular formula is C18H36N4O5. The van der Waals surface area contributed by atoms with Crippen molar-refractivity contribution in [2.24, 2.45) is 10.7 Å². The monoisotopic (exact) mass is 388 g/mol. The lowest BCUT2D eigenvalue weighted by Crippen LogP contribution is -2.31. The number of hydrogen-bond donors (Lipinski definition) is 3. The summed E-state index contributed by atoms with van der Waals surface area (Å²) in [6.07, 6.45) is 6.68. The summed E-state index contributed by atoms with van der Waals surface area (Å²) >= 11 is 0. The largest absolute Gasteiger partial charge is 0.462 e. The first-order valence-electron chi connectivity index (χ1n) is 9.35. The van der Waals surface area contributed by atoms with Gasteiger partial charge in [-0.3, -0.25) is 30.2 Å². The van der Waals surface area contributed by atoms with Gasteiger partial charge < -0.3 is 15.2 Å². The summed E-state index contributed by atoms with van der Waals surface area (Å²) in [6, 6.07) is 0. The van der Waals surface area contributed by atoms with Gasteiger partial charge in [0.2, 0.25) is 6.41 Å². The molecule has 1 amide bonds. The van der Waals surface area contributed by atoms with Crippen LogP contribution in [0.3, 0.4) is 0 Å². The number of aliphatic imine (C=N–C) groups is 1. The topological polar surface area (TPSA) is 126 Å². The quantitative estimate of drug-likeness (QED) is 0.190. The van der Waals surface area contributed by atoms with Crippen molar-refractivity contribution in [3.63, 3.8) is 0 Å². The Balaban J connectivity index is 0. The molecule has 27 heavy (non-hydrogen) atoms. The standard InChI is InChI=1S/C12H20N4O5.C4H10.C2H6/c1-14-10(15-19)4-5-16(8-17)11-3-2-9(21-11)7-20-12(18)6-13;1-3-4-2;1-2/h4-5,8-9,11,19H,2-3,6-7,13H2,1H3,(H,14,15);3-4H2,1-2H3;1-2H3/b5-4-;;.